The van der Waals surface area contributed by atoms with E-state index in [-0.39, 0.29) is 47.0 Å². The molecule has 2 atom stereocenters. The minimum Gasteiger partial charge on any atom is -0.507 e. The Balaban J connectivity index is 1.83. The quantitative estimate of drug-likeness (QED) is 0.319. The van der Waals surface area contributed by atoms with Crippen LogP contribution in [0.5, 0.6) is 0 Å². The van der Waals surface area contributed by atoms with Crippen molar-refractivity contribution in [3.05, 3.63) is 71.0 Å². The second-order valence-electron chi connectivity index (χ2n) is 8.90. The zero-order chi connectivity index (χ0) is 27.1. The van der Waals surface area contributed by atoms with E-state index in [1.807, 2.05) is 0 Å². The number of Topliss-reactive ketones (excluding diaryl/α,β-unsaturated/α-hetero) is 1. The number of aliphatic hydroxyl groups is 1. The lowest BCUT2D eigenvalue weighted by molar-refractivity contribution is -0.141. The van der Waals surface area contributed by atoms with Crippen LogP contribution in [0.25, 0.3) is 5.76 Å². The molecule has 2 aromatic rings. The average Bonchev–Trinajstić information content (AvgIpc) is 3.35. The van der Waals surface area contributed by atoms with Gasteiger partial charge in [0, 0.05) is 30.3 Å². The summed E-state index contributed by atoms with van der Waals surface area (Å²) in [5.74, 6) is -3.99. The van der Waals surface area contributed by atoms with Gasteiger partial charge >= 0.3 is 0 Å². The summed E-state index contributed by atoms with van der Waals surface area (Å²) in [4.78, 5) is 27.3. The molecule has 0 bridgehead atoms. The van der Waals surface area contributed by atoms with Crippen LogP contribution < -0.4 is 0 Å². The minimum atomic E-state index is -3.77. The predicted octanol–water partition coefficient (Wildman–Crippen LogP) is 2.47. The van der Waals surface area contributed by atoms with E-state index in [2.05, 4.69) is 0 Å². The number of hydrogen-bond donors (Lipinski definition) is 1. The summed E-state index contributed by atoms with van der Waals surface area (Å²) in [6, 6.07) is 8.41. The molecule has 0 spiro atoms. The highest BCUT2D eigenvalue weighted by molar-refractivity contribution is 7.91. The number of amides is 1. The fraction of sp³-hybridized carbons (Fsp3) is 0.360. The standard InChI is InChI=1S/C25H27FN2O7S2/c1-3-27(4-2)37(34,35)18-11-9-16(10-12-18)23(29)21-22(19-7-5-6-8-20(19)26)28(25(31)24(21)30)17-13-14-36(32,33)15-17/h5-12,17,22,29H,3-4,13-15H2,1-2H3/t17-,22+/m1/s1. The van der Waals surface area contributed by atoms with Gasteiger partial charge in [-0.05, 0) is 36.8 Å². The number of sulfone groups is 1. The number of sulfonamides is 1. The van der Waals surface area contributed by atoms with Crippen LogP contribution in [-0.2, 0) is 29.4 Å². The molecule has 0 aliphatic carbocycles. The van der Waals surface area contributed by atoms with Crippen LogP contribution in [-0.4, -0.2) is 73.5 Å². The Bertz CT molecular complexity index is 1480. The first-order valence-electron chi connectivity index (χ1n) is 11.8. The van der Waals surface area contributed by atoms with E-state index in [4.69, 9.17) is 0 Å². The highest BCUT2D eigenvalue weighted by Crippen LogP contribution is 2.43. The number of likely N-dealkylation sites (tertiary alicyclic amines) is 1. The van der Waals surface area contributed by atoms with Crippen molar-refractivity contribution in [2.24, 2.45) is 0 Å². The van der Waals surface area contributed by atoms with Crippen molar-refractivity contribution in [2.75, 3.05) is 24.6 Å². The number of hydrogen-bond acceptors (Lipinski definition) is 7. The highest BCUT2D eigenvalue weighted by atomic mass is 32.2. The average molecular weight is 551 g/mol. The maximum absolute atomic E-state index is 14.9. The first-order chi connectivity index (χ1) is 17.4. The summed E-state index contributed by atoms with van der Waals surface area (Å²) in [7, 11) is -7.22. The van der Waals surface area contributed by atoms with E-state index >= 15 is 0 Å². The summed E-state index contributed by atoms with van der Waals surface area (Å²) >= 11 is 0. The third-order valence-corrected chi connectivity index (χ3v) is 10.6. The number of halogens is 1. The van der Waals surface area contributed by atoms with Crippen LogP contribution >= 0.6 is 0 Å². The molecular formula is C25H27FN2O7S2. The molecule has 1 amide bonds. The maximum Gasteiger partial charge on any atom is 0.295 e. The molecule has 198 valence electrons. The Hall–Kier alpha value is -3.09. The fourth-order valence-corrected chi connectivity index (χ4v) is 8.05. The van der Waals surface area contributed by atoms with Crippen LogP contribution in [0, 0.1) is 5.82 Å². The van der Waals surface area contributed by atoms with Crippen molar-refractivity contribution in [1.29, 1.82) is 0 Å². The molecule has 0 aromatic heterocycles. The zero-order valence-electron chi connectivity index (χ0n) is 20.3. The van der Waals surface area contributed by atoms with E-state index in [9.17, 15) is 35.9 Å². The van der Waals surface area contributed by atoms with Crippen molar-refractivity contribution < 1.29 is 35.9 Å². The zero-order valence-corrected chi connectivity index (χ0v) is 21.9. The molecule has 37 heavy (non-hydrogen) atoms. The van der Waals surface area contributed by atoms with Crippen molar-refractivity contribution in [2.45, 2.75) is 37.2 Å². The van der Waals surface area contributed by atoms with Gasteiger partial charge in [-0.2, -0.15) is 4.31 Å². The van der Waals surface area contributed by atoms with E-state index < -0.39 is 60.8 Å². The smallest absolute Gasteiger partial charge is 0.295 e. The molecule has 0 unspecified atom stereocenters. The van der Waals surface area contributed by atoms with Gasteiger partial charge in [-0.25, -0.2) is 21.2 Å². The number of rotatable bonds is 7. The number of nitrogens with zero attached hydrogens (tertiary/aromatic N) is 2. The Morgan fingerprint density at radius 1 is 1.08 bits per heavy atom. The van der Waals surface area contributed by atoms with Gasteiger partial charge in [0.05, 0.1) is 28.0 Å². The van der Waals surface area contributed by atoms with E-state index in [1.54, 1.807) is 13.8 Å². The monoisotopic (exact) mass is 550 g/mol. The molecule has 2 heterocycles. The second-order valence-corrected chi connectivity index (χ2v) is 13.1. The van der Waals surface area contributed by atoms with Gasteiger partial charge in [-0.15, -0.1) is 0 Å². The molecule has 2 aliphatic heterocycles. The van der Waals surface area contributed by atoms with Crippen molar-refractivity contribution in [1.82, 2.24) is 9.21 Å². The lowest BCUT2D eigenvalue weighted by atomic mass is 9.94. The summed E-state index contributed by atoms with van der Waals surface area (Å²) < 4.78 is 66.0. The number of carbonyl (C=O) groups is 2. The first kappa shape index (κ1) is 27.0. The summed E-state index contributed by atoms with van der Waals surface area (Å²) in [5, 5.41) is 11.2. The second kappa shape index (κ2) is 9.99. The number of carbonyl (C=O) groups excluding carboxylic acids is 2. The predicted molar refractivity (Wildman–Crippen MR) is 134 cm³/mol. The van der Waals surface area contributed by atoms with E-state index in [0.29, 0.717) is 0 Å². The van der Waals surface area contributed by atoms with Gasteiger partial charge in [-0.3, -0.25) is 9.59 Å². The fourth-order valence-electron chi connectivity index (χ4n) is 4.88. The molecule has 12 heteroatoms. The normalized spacial score (nSPS) is 23.2. The number of benzene rings is 2. The lowest BCUT2D eigenvalue weighted by Gasteiger charge is -2.30. The molecule has 2 saturated heterocycles. The summed E-state index contributed by atoms with van der Waals surface area (Å²) in [6.45, 7) is 3.95. The number of aliphatic hydroxyl groups excluding tert-OH is 1. The largest absolute Gasteiger partial charge is 0.507 e. The molecule has 4 rings (SSSR count). The van der Waals surface area contributed by atoms with Gasteiger partial charge in [0.1, 0.15) is 11.6 Å². The van der Waals surface area contributed by atoms with Gasteiger partial charge in [0.2, 0.25) is 10.0 Å². The molecular weight excluding hydrogens is 523 g/mol. The van der Waals surface area contributed by atoms with E-state index in [1.165, 1.54) is 46.8 Å². The maximum atomic E-state index is 14.9. The van der Waals surface area contributed by atoms with Gasteiger partial charge < -0.3 is 10.0 Å². The molecule has 1 N–H and O–H groups in total. The van der Waals surface area contributed by atoms with Gasteiger partial charge in [0.25, 0.3) is 11.7 Å². The van der Waals surface area contributed by atoms with Gasteiger partial charge in [-0.1, -0.05) is 32.0 Å². The van der Waals surface area contributed by atoms with Crippen molar-refractivity contribution in [3.8, 4) is 0 Å². The molecule has 0 radical (unpaired) electrons. The Morgan fingerprint density at radius 2 is 1.70 bits per heavy atom. The molecule has 9 nitrogen and oxygen atoms in total. The Kier molecular flexibility index (Phi) is 7.28. The molecule has 2 aliphatic rings. The highest BCUT2D eigenvalue weighted by Gasteiger charge is 2.51. The van der Waals surface area contributed by atoms with Crippen molar-refractivity contribution >= 4 is 37.3 Å². The summed E-state index contributed by atoms with van der Waals surface area (Å²) in [5.41, 5.74) is -0.399. The van der Waals surface area contributed by atoms with Crippen LogP contribution in [0.15, 0.2) is 59.0 Å². The van der Waals surface area contributed by atoms with Crippen LogP contribution in [0.2, 0.25) is 0 Å². The molecule has 0 saturated carbocycles. The third-order valence-electron chi connectivity index (χ3n) is 6.75. The number of ketones is 1. The van der Waals surface area contributed by atoms with E-state index in [0.717, 1.165) is 11.0 Å². The minimum absolute atomic E-state index is 0.0185. The molecule has 2 fully saturated rings. The SMILES string of the molecule is CCN(CC)S(=O)(=O)c1ccc(C(O)=C2C(=O)C(=O)N([C@@H]3CCS(=O)(=O)C3)[C@H]2c2ccccc2F)cc1. The first-order valence-corrected chi connectivity index (χ1v) is 15.0. The van der Waals surface area contributed by atoms with Gasteiger partial charge in [0.15, 0.2) is 9.84 Å². The van der Waals surface area contributed by atoms with Crippen molar-refractivity contribution in [3.63, 3.8) is 0 Å². The Labute approximate surface area is 215 Å². The molecule has 2 aromatic carbocycles. The van der Waals surface area contributed by atoms with Crippen LogP contribution in [0.1, 0.15) is 37.4 Å². The summed E-state index contributed by atoms with van der Waals surface area (Å²) in [6.07, 6.45) is 0.0816. The van der Waals surface area contributed by atoms with Crippen LogP contribution in [0.3, 0.4) is 0 Å². The Morgan fingerprint density at radius 3 is 2.24 bits per heavy atom. The topological polar surface area (TPSA) is 129 Å². The van der Waals surface area contributed by atoms with Crippen LogP contribution in [0.4, 0.5) is 4.39 Å². The lowest BCUT2D eigenvalue weighted by Crippen LogP contribution is -2.40. The third kappa shape index (κ3) is 4.80.